The maximum atomic E-state index is 12.8. The van der Waals surface area contributed by atoms with Gasteiger partial charge in [-0.15, -0.1) is 0 Å². The van der Waals surface area contributed by atoms with Gasteiger partial charge in [0.15, 0.2) is 0 Å². The molecule has 6 heteroatoms. The highest BCUT2D eigenvalue weighted by Gasteiger charge is 2.22. The van der Waals surface area contributed by atoms with Crippen LogP contribution < -0.4 is 10.6 Å². The number of halogens is 1. The van der Waals surface area contributed by atoms with Crippen molar-refractivity contribution in [3.63, 3.8) is 0 Å². The minimum Gasteiger partial charge on any atom is -0.352 e. The summed E-state index contributed by atoms with van der Waals surface area (Å²) in [5, 5.41) is 5.90. The lowest BCUT2D eigenvalue weighted by Crippen LogP contribution is -2.52. The van der Waals surface area contributed by atoms with E-state index in [0.29, 0.717) is 12.1 Å². The Kier molecular flexibility index (Phi) is 5.27. The Labute approximate surface area is 123 Å². The first-order valence-corrected chi connectivity index (χ1v) is 7.12. The first-order valence-electron chi connectivity index (χ1n) is 7.12. The second-order valence-electron chi connectivity index (χ2n) is 5.15. The van der Waals surface area contributed by atoms with Crippen molar-refractivity contribution in [2.24, 2.45) is 0 Å². The summed E-state index contributed by atoms with van der Waals surface area (Å²) in [6.07, 6.45) is 0.275. The van der Waals surface area contributed by atoms with E-state index in [1.807, 2.05) is 11.8 Å². The fourth-order valence-corrected chi connectivity index (χ4v) is 2.34. The van der Waals surface area contributed by atoms with Crippen LogP contribution in [0.1, 0.15) is 23.7 Å². The number of rotatable bonds is 4. The van der Waals surface area contributed by atoms with Gasteiger partial charge in [0.05, 0.1) is 0 Å². The molecule has 1 saturated heterocycles. The van der Waals surface area contributed by atoms with E-state index < -0.39 is 0 Å². The van der Waals surface area contributed by atoms with Gasteiger partial charge in [-0.05, 0) is 31.2 Å². The maximum Gasteiger partial charge on any atom is 0.251 e. The van der Waals surface area contributed by atoms with Gasteiger partial charge in [0.1, 0.15) is 5.82 Å². The van der Waals surface area contributed by atoms with Crippen molar-refractivity contribution in [1.29, 1.82) is 0 Å². The first kappa shape index (κ1) is 15.4. The van der Waals surface area contributed by atoms with Gasteiger partial charge in [-0.3, -0.25) is 9.59 Å². The molecular formula is C15H20FN3O2. The molecule has 1 fully saturated rings. The number of piperazine rings is 1. The van der Waals surface area contributed by atoms with Crippen LogP contribution in [0.15, 0.2) is 24.3 Å². The Morgan fingerprint density at radius 1 is 1.38 bits per heavy atom. The summed E-state index contributed by atoms with van der Waals surface area (Å²) in [4.78, 5) is 25.7. The lowest BCUT2D eigenvalue weighted by Gasteiger charge is -2.34. The summed E-state index contributed by atoms with van der Waals surface area (Å²) in [7, 11) is 0. The molecule has 0 unspecified atom stereocenters. The van der Waals surface area contributed by atoms with Gasteiger partial charge >= 0.3 is 0 Å². The Morgan fingerprint density at radius 3 is 2.76 bits per heavy atom. The average molecular weight is 293 g/mol. The van der Waals surface area contributed by atoms with Gasteiger partial charge < -0.3 is 15.5 Å². The Hall–Kier alpha value is -1.95. The number of carbonyl (C=O) groups excluding carboxylic acids is 2. The second-order valence-corrected chi connectivity index (χ2v) is 5.15. The highest BCUT2D eigenvalue weighted by atomic mass is 19.1. The lowest BCUT2D eigenvalue weighted by atomic mass is 10.2. The number of hydrogen-bond acceptors (Lipinski definition) is 3. The van der Waals surface area contributed by atoms with E-state index in [4.69, 9.17) is 0 Å². The van der Waals surface area contributed by atoms with E-state index in [-0.39, 0.29) is 36.6 Å². The Balaban J connectivity index is 1.77. The van der Waals surface area contributed by atoms with Gasteiger partial charge in [-0.1, -0.05) is 0 Å². The van der Waals surface area contributed by atoms with Crippen LogP contribution in [-0.2, 0) is 4.79 Å². The van der Waals surface area contributed by atoms with Crippen molar-refractivity contribution in [2.75, 3.05) is 26.2 Å². The molecule has 1 aromatic rings. The predicted molar refractivity (Wildman–Crippen MR) is 77.4 cm³/mol. The van der Waals surface area contributed by atoms with Gasteiger partial charge in [0.25, 0.3) is 5.91 Å². The molecule has 0 radical (unpaired) electrons. The molecule has 0 bridgehead atoms. The minimum absolute atomic E-state index is 0.0448. The molecule has 0 spiro atoms. The summed E-state index contributed by atoms with van der Waals surface area (Å²) >= 11 is 0. The quantitative estimate of drug-likeness (QED) is 0.862. The maximum absolute atomic E-state index is 12.8. The molecule has 1 aliphatic heterocycles. The molecule has 0 saturated carbocycles. The molecule has 2 rings (SSSR count). The van der Waals surface area contributed by atoms with E-state index in [1.54, 1.807) is 0 Å². The van der Waals surface area contributed by atoms with E-state index in [2.05, 4.69) is 10.6 Å². The van der Waals surface area contributed by atoms with Crippen molar-refractivity contribution < 1.29 is 14.0 Å². The largest absolute Gasteiger partial charge is 0.352 e. The van der Waals surface area contributed by atoms with Crippen LogP contribution >= 0.6 is 0 Å². The molecule has 2 N–H and O–H groups in total. The van der Waals surface area contributed by atoms with Crippen molar-refractivity contribution >= 4 is 11.8 Å². The summed E-state index contributed by atoms with van der Waals surface area (Å²) < 4.78 is 12.8. The van der Waals surface area contributed by atoms with Crippen LogP contribution in [0.3, 0.4) is 0 Å². The van der Waals surface area contributed by atoms with Crippen molar-refractivity contribution in [1.82, 2.24) is 15.5 Å². The third-order valence-corrected chi connectivity index (χ3v) is 3.55. The third kappa shape index (κ3) is 4.26. The van der Waals surface area contributed by atoms with E-state index >= 15 is 0 Å². The molecule has 0 aliphatic carbocycles. The number of nitrogens with zero attached hydrogens (tertiary/aromatic N) is 1. The molecule has 1 heterocycles. The Morgan fingerprint density at radius 2 is 2.10 bits per heavy atom. The van der Waals surface area contributed by atoms with Gasteiger partial charge in [-0.2, -0.15) is 0 Å². The van der Waals surface area contributed by atoms with Crippen LogP contribution in [0.25, 0.3) is 0 Å². The summed E-state index contributed by atoms with van der Waals surface area (Å²) in [5.41, 5.74) is 0.388. The highest BCUT2D eigenvalue weighted by molar-refractivity contribution is 5.94. The predicted octanol–water partition coefficient (Wildman–Crippen LogP) is 0.766. The molecule has 21 heavy (non-hydrogen) atoms. The minimum atomic E-state index is -0.380. The number of carbonyl (C=O) groups is 2. The zero-order chi connectivity index (χ0) is 15.2. The molecule has 1 aromatic carbocycles. The first-order chi connectivity index (χ1) is 10.1. The SMILES string of the molecule is C[C@H]1CNCCN1C(=O)CCNC(=O)c1ccc(F)cc1. The van der Waals surface area contributed by atoms with E-state index in [1.165, 1.54) is 24.3 Å². The summed E-state index contributed by atoms with van der Waals surface area (Å²) in [5.74, 6) is -0.631. The average Bonchev–Trinajstić information content (AvgIpc) is 2.48. The van der Waals surface area contributed by atoms with Crippen LogP contribution in [-0.4, -0.2) is 48.9 Å². The van der Waals surface area contributed by atoms with Gasteiger partial charge in [0, 0.05) is 44.2 Å². The normalized spacial score (nSPS) is 18.4. The molecule has 1 atom stereocenters. The molecule has 5 nitrogen and oxygen atoms in total. The molecule has 2 amide bonds. The zero-order valence-electron chi connectivity index (χ0n) is 12.1. The number of benzene rings is 1. The second kappa shape index (κ2) is 7.17. The van der Waals surface area contributed by atoms with Crippen molar-refractivity contribution in [3.05, 3.63) is 35.6 Å². The van der Waals surface area contributed by atoms with Crippen molar-refractivity contribution in [3.8, 4) is 0 Å². The molecule has 114 valence electrons. The van der Waals surface area contributed by atoms with Crippen LogP contribution in [0, 0.1) is 5.82 Å². The standard InChI is InChI=1S/C15H20FN3O2/c1-11-10-17-8-9-19(11)14(20)6-7-18-15(21)12-2-4-13(16)5-3-12/h2-5,11,17H,6-10H2,1H3,(H,18,21)/t11-/m0/s1. The highest BCUT2D eigenvalue weighted by Crippen LogP contribution is 2.05. The topological polar surface area (TPSA) is 61.4 Å². The van der Waals surface area contributed by atoms with Gasteiger partial charge in [0.2, 0.25) is 5.91 Å². The fourth-order valence-electron chi connectivity index (χ4n) is 2.34. The number of amides is 2. The van der Waals surface area contributed by atoms with E-state index in [9.17, 15) is 14.0 Å². The lowest BCUT2D eigenvalue weighted by molar-refractivity contribution is -0.133. The van der Waals surface area contributed by atoms with Crippen LogP contribution in [0.2, 0.25) is 0 Å². The summed E-state index contributed by atoms with van der Waals surface area (Å²) in [6.45, 7) is 4.59. The smallest absolute Gasteiger partial charge is 0.251 e. The van der Waals surface area contributed by atoms with Crippen molar-refractivity contribution in [2.45, 2.75) is 19.4 Å². The van der Waals surface area contributed by atoms with Crippen LogP contribution in [0.5, 0.6) is 0 Å². The van der Waals surface area contributed by atoms with E-state index in [0.717, 1.165) is 13.1 Å². The third-order valence-electron chi connectivity index (χ3n) is 3.55. The van der Waals surface area contributed by atoms with Gasteiger partial charge in [-0.25, -0.2) is 4.39 Å². The monoisotopic (exact) mass is 293 g/mol. The Bertz CT molecular complexity index is 504. The molecule has 0 aromatic heterocycles. The molecular weight excluding hydrogens is 273 g/mol. The fraction of sp³-hybridized carbons (Fsp3) is 0.467. The molecule has 1 aliphatic rings. The summed E-state index contributed by atoms with van der Waals surface area (Å²) in [6, 6.07) is 5.50. The zero-order valence-corrected chi connectivity index (χ0v) is 12.1. The number of nitrogens with one attached hydrogen (secondary N) is 2. The van der Waals surface area contributed by atoms with Crippen LogP contribution in [0.4, 0.5) is 4.39 Å². The number of hydrogen-bond donors (Lipinski definition) is 2.